The van der Waals surface area contributed by atoms with E-state index in [4.69, 9.17) is 0 Å². The number of hydrogen-bond donors (Lipinski definition) is 0. The number of alkyl halides is 6. The molecule has 3 aliphatic rings. The van der Waals surface area contributed by atoms with E-state index in [1.807, 2.05) is 30.3 Å². The Hall–Kier alpha value is -1.49. The number of carbonyl (C=O) groups excluding carboxylic acids is 1. The molecule has 5 rings (SSSR count). The fourth-order valence-electron chi connectivity index (χ4n) is 6.59. The number of nitrogens with zero attached hydrogens (tertiary/aromatic N) is 3. The zero-order chi connectivity index (χ0) is 28.0. The van der Waals surface area contributed by atoms with Crippen molar-refractivity contribution in [2.45, 2.75) is 56.5 Å². The molecule has 3 aliphatic heterocycles. The van der Waals surface area contributed by atoms with E-state index in [0.717, 1.165) is 44.6 Å². The first-order valence-electron chi connectivity index (χ1n) is 13.3. The first kappa shape index (κ1) is 34.0. The van der Waals surface area contributed by atoms with Gasteiger partial charge in [0, 0.05) is 63.4 Å². The van der Waals surface area contributed by atoms with Gasteiger partial charge in [0.05, 0.1) is 11.1 Å². The van der Waals surface area contributed by atoms with Crippen molar-refractivity contribution in [1.29, 1.82) is 0 Å². The van der Waals surface area contributed by atoms with Crippen LogP contribution in [0.2, 0.25) is 0 Å². The zero-order valence-corrected chi connectivity index (χ0v) is 26.0. The molecule has 2 aromatic carbocycles. The summed E-state index contributed by atoms with van der Waals surface area (Å²) in [5.74, 6) is -0.799. The second-order valence-corrected chi connectivity index (χ2v) is 11.3. The third kappa shape index (κ3) is 7.73. The van der Waals surface area contributed by atoms with Gasteiger partial charge in [0.25, 0.3) is 5.91 Å². The maximum absolute atomic E-state index is 13.6. The number of hydrogen-bond acceptors (Lipinski definition) is 3. The maximum atomic E-state index is 13.6. The summed E-state index contributed by atoms with van der Waals surface area (Å²) in [4.78, 5) is 19.6. The van der Waals surface area contributed by atoms with Crippen molar-refractivity contribution in [3.63, 3.8) is 0 Å². The fourth-order valence-corrected chi connectivity index (χ4v) is 6.59. The summed E-state index contributed by atoms with van der Waals surface area (Å²) in [6.07, 6.45) is -6.16. The summed E-state index contributed by atoms with van der Waals surface area (Å²) >= 11 is 0. The predicted octanol–water partition coefficient (Wildman–Crippen LogP) is 6.58. The van der Waals surface area contributed by atoms with E-state index in [-0.39, 0.29) is 70.2 Å². The van der Waals surface area contributed by atoms with Gasteiger partial charge in [-0.2, -0.15) is 26.3 Å². The van der Waals surface area contributed by atoms with Crippen molar-refractivity contribution < 1.29 is 63.8 Å². The van der Waals surface area contributed by atoms with Gasteiger partial charge >= 0.3 is 12.4 Å². The average Bonchev–Trinajstić information content (AvgIpc) is 3.47. The normalized spacial score (nSPS) is 25.7. The average molecular weight is 657 g/mol. The van der Waals surface area contributed by atoms with Crippen molar-refractivity contribution in [2.24, 2.45) is 5.41 Å². The minimum absolute atomic E-state index is 0. The monoisotopic (exact) mass is 656 g/mol. The Labute approximate surface area is 263 Å². The van der Waals surface area contributed by atoms with E-state index >= 15 is 0 Å². The number of halogens is 6. The molecule has 1 spiro atoms. The van der Waals surface area contributed by atoms with Crippen LogP contribution in [0.15, 0.2) is 48.5 Å². The summed E-state index contributed by atoms with van der Waals surface area (Å²) in [6.45, 7) is 4.06. The van der Waals surface area contributed by atoms with Crippen LogP contribution in [-0.2, 0) is 51.5 Å². The summed E-state index contributed by atoms with van der Waals surface area (Å²) in [5, 5.41) is 0. The van der Waals surface area contributed by atoms with E-state index in [1.165, 1.54) is 4.90 Å². The minimum atomic E-state index is -5.01. The quantitative estimate of drug-likeness (QED) is 0.275. The van der Waals surface area contributed by atoms with E-state index < -0.39 is 35.0 Å². The molecule has 2 aromatic rings. The summed E-state index contributed by atoms with van der Waals surface area (Å²) in [5.41, 5.74) is -2.37. The molecule has 41 heavy (non-hydrogen) atoms. The molecule has 4 nitrogen and oxygen atoms in total. The molecule has 0 saturated carbocycles. The number of carbonyl (C=O) groups is 1. The molecule has 3 atom stereocenters. The molecule has 11 heteroatoms. The van der Waals surface area contributed by atoms with Crippen LogP contribution in [0.4, 0.5) is 26.3 Å². The molecule has 0 N–H and O–H groups in total. The van der Waals surface area contributed by atoms with Crippen LogP contribution in [-0.4, -0.2) is 65.4 Å². The van der Waals surface area contributed by atoms with Gasteiger partial charge < -0.3 is 17.2 Å². The van der Waals surface area contributed by atoms with Crippen LogP contribution >= 0.6 is 0 Å². The number of benzene rings is 2. The Bertz CT molecular complexity index is 1160. The molecule has 223 valence electrons. The summed E-state index contributed by atoms with van der Waals surface area (Å²) in [6, 6.07) is 10.4. The maximum Gasteiger partial charge on any atom is 0.416 e. The fraction of sp³-hybridized carbons (Fsp3) is 0.500. The van der Waals surface area contributed by atoms with Gasteiger partial charge in [-0.05, 0) is 80.9 Å². The Balaban J connectivity index is 0.00000231. The molecular weight excluding hydrogens is 621 g/mol. The van der Waals surface area contributed by atoms with Gasteiger partial charge in [-0.3, -0.25) is 16.7 Å². The van der Waals surface area contributed by atoms with E-state index in [0.29, 0.717) is 31.4 Å². The van der Waals surface area contributed by atoms with Crippen molar-refractivity contribution in [2.75, 3.05) is 32.7 Å². The van der Waals surface area contributed by atoms with Gasteiger partial charge in [-0.15, -0.1) is 0 Å². The number of rotatable bonds is 4. The van der Waals surface area contributed by atoms with Crippen LogP contribution in [0, 0.1) is 19.9 Å². The van der Waals surface area contributed by atoms with Crippen molar-refractivity contribution in [3.05, 3.63) is 85.3 Å². The third-order valence-corrected chi connectivity index (χ3v) is 8.60. The minimum Gasteiger partial charge on any atom is -0.459 e. The smallest absolute Gasteiger partial charge is 0.416 e. The summed E-state index contributed by atoms with van der Waals surface area (Å²) in [7, 11) is 4.08. The largest absolute Gasteiger partial charge is 0.459 e. The second-order valence-electron chi connectivity index (χ2n) is 11.3. The molecule has 0 aromatic heterocycles. The van der Waals surface area contributed by atoms with Gasteiger partial charge in [0.15, 0.2) is 0 Å². The van der Waals surface area contributed by atoms with Crippen molar-refractivity contribution >= 4 is 5.91 Å². The van der Waals surface area contributed by atoms with Gasteiger partial charge in [0.2, 0.25) is 0 Å². The van der Waals surface area contributed by atoms with E-state index in [9.17, 15) is 31.1 Å². The Kier molecular flexibility index (Phi) is 10.8. The molecule has 0 aliphatic carbocycles. The van der Waals surface area contributed by atoms with Crippen molar-refractivity contribution in [1.82, 2.24) is 14.7 Å². The number of likely N-dealkylation sites (tertiary alicyclic amines) is 3. The first-order chi connectivity index (χ1) is 18.3. The van der Waals surface area contributed by atoms with Gasteiger partial charge in [0.1, 0.15) is 0 Å². The molecule has 1 radical (unpaired) electrons. The van der Waals surface area contributed by atoms with Crippen molar-refractivity contribution in [3.8, 4) is 0 Å². The Morgan fingerprint density at radius 2 is 1.51 bits per heavy atom. The standard InChI is InChI=1S/C29H32F6N3O.CH3.Y/c1-36-11-8-27(18-36)9-12-37(19-27)24-7-10-38(25(17-24)13-20-5-3-2-4-6-20)26(39)21-14-22(28(30,31)32)16-23(15-21)29(33,34)35;;/h2-6,14-16,24-25H,1,7-13,17-19H2;1H3;/q2*-1;. The molecule has 1 amide bonds. The number of amides is 1. The van der Waals surface area contributed by atoms with Crippen LogP contribution in [0.25, 0.3) is 0 Å². The van der Waals surface area contributed by atoms with Crippen LogP contribution in [0.1, 0.15) is 52.7 Å². The molecule has 3 unspecified atom stereocenters. The SMILES string of the molecule is [CH2-]N1CCC2(CCN(C3CCN(C(=O)c4cc(C(F)(F)F)cc(C(F)(F)F)c4)C(Cc4ccccc4)C3)C2)C1.[CH3-].[Y]. The third-order valence-electron chi connectivity index (χ3n) is 8.60. The molecule has 0 bridgehead atoms. The molecule has 3 heterocycles. The number of piperidine rings is 1. The zero-order valence-electron chi connectivity index (χ0n) is 23.1. The van der Waals surface area contributed by atoms with Gasteiger partial charge in [-0.1, -0.05) is 30.3 Å². The first-order valence-corrected chi connectivity index (χ1v) is 13.3. The topological polar surface area (TPSA) is 26.8 Å². The molecule has 3 saturated heterocycles. The van der Waals surface area contributed by atoms with E-state index in [2.05, 4.69) is 16.8 Å². The van der Waals surface area contributed by atoms with Crippen LogP contribution < -0.4 is 0 Å². The molecular formula is C30H35F6N3OY-2. The van der Waals surface area contributed by atoms with Crippen LogP contribution in [0.5, 0.6) is 0 Å². The Morgan fingerprint density at radius 1 is 0.902 bits per heavy atom. The van der Waals surface area contributed by atoms with Crippen LogP contribution in [0.3, 0.4) is 0 Å². The predicted molar refractivity (Wildman–Crippen MR) is 141 cm³/mol. The summed E-state index contributed by atoms with van der Waals surface area (Å²) < 4.78 is 80.8. The van der Waals surface area contributed by atoms with Gasteiger partial charge in [-0.25, -0.2) is 0 Å². The Morgan fingerprint density at radius 3 is 2.07 bits per heavy atom. The second kappa shape index (κ2) is 13.0. The molecule has 3 fully saturated rings. The van der Waals surface area contributed by atoms with E-state index in [1.54, 1.807) is 0 Å².